The fraction of sp³-hybridized carbons (Fsp3) is 0.167. The zero-order valence-electron chi connectivity index (χ0n) is 6.41. The number of hydrazine groups is 1. The molecule has 5 nitrogen and oxygen atoms in total. The van der Waals surface area contributed by atoms with Crippen LogP contribution in [0.2, 0.25) is 0 Å². The summed E-state index contributed by atoms with van der Waals surface area (Å²) in [6, 6.07) is 0. The van der Waals surface area contributed by atoms with E-state index in [2.05, 4.69) is 15.8 Å². The maximum atomic E-state index is 11.1. The van der Waals surface area contributed by atoms with Crippen LogP contribution in [0, 0.1) is 0 Å². The number of rotatable bonds is 2. The van der Waals surface area contributed by atoms with E-state index in [1.807, 2.05) is 0 Å². The molecule has 0 unspecified atom stereocenters. The van der Waals surface area contributed by atoms with E-state index in [0.717, 1.165) is 0 Å². The van der Waals surface area contributed by atoms with Crippen molar-refractivity contribution in [3.63, 3.8) is 0 Å². The van der Waals surface area contributed by atoms with Gasteiger partial charge in [-0.15, -0.1) is 22.9 Å². The molecule has 0 bridgehead atoms. The normalized spacial score (nSPS) is 9.31. The summed E-state index contributed by atoms with van der Waals surface area (Å²) in [4.78, 5) is 25.5. The van der Waals surface area contributed by atoms with Crippen LogP contribution in [0.3, 0.4) is 0 Å². The summed E-state index contributed by atoms with van der Waals surface area (Å²) in [7, 11) is 0. The Morgan fingerprint density at radius 1 is 1.54 bits per heavy atom. The first-order valence-electron chi connectivity index (χ1n) is 3.27. The number of hydrogen-bond acceptors (Lipinski definition) is 4. The third-order valence-corrected chi connectivity index (χ3v) is 1.93. The Bertz CT molecular complexity index is 301. The Balaban J connectivity index is 2.39. The molecule has 0 spiro atoms. The Hall–Kier alpha value is -1.14. The van der Waals surface area contributed by atoms with E-state index >= 15 is 0 Å². The minimum absolute atomic E-state index is 0.197. The lowest BCUT2D eigenvalue weighted by molar-refractivity contribution is -0.119. The molecule has 0 aliphatic rings. The molecular formula is C6H6ClN3O2S. The van der Waals surface area contributed by atoms with Crippen molar-refractivity contribution >= 4 is 34.8 Å². The number of amides is 2. The van der Waals surface area contributed by atoms with Crippen LogP contribution < -0.4 is 10.9 Å². The predicted octanol–water partition coefficient (Wildman–Crippen LogP) is 0.143. The van der Waals surface area contributed by atoms with Crippen LogP contribution in [0.5, 0.6) is 0 Å². The average Bonchev–Trinajstić information content (AvgIpc) is 2.66. The van der Waals surface area contributed by atoms with Crippen molar-refractivity contribution in [3.05, 3.63) is 16.6 Å². The molecular weight excluding hydrogens is 214 g/mol. The quantitative estimate of drug-likeness (QED) is 0.549. The first-order valence-corrected chi connectivity index (χ1v) is 4.75. The average molecular weight is 220 g/mol. The number of nitrogens with one attached hydrogen (secondary N) is 2. The lowest BCUT2D eigenvalue weighted by atomic mass is 10.5. The molecule has 13 heavy (non-hydrogen) atoms. The molecule has 0 saturated heterocycles. The number of halogens is 1. The third kappa shape index (κ3) is 3.00. The van der Waals surface area contributed by atoms with Gasteiger partial charge < -0.3 is 0 Å². The summed E-state index contributed by atoms with van der Waals surface area (Å²) in [5.74, 6) is -1.12. The van der Waals surface area contributed by atoms with Crippen LogP contribution in [0.1, 0.15) is 10.5 Å². The van der Waals surface area contributed by atoms with Crippen LogP contribution in [0.4, 0.5) is 0 Å². The minimum Gasteiger partial charge on any atom is -0.272 e. The molecule has 2 amide bonds. The number of carbonyl (C=O) groups is 2. The van der Waals surface area contributed by atoms with Gasteiger partial charge in [-0.1, -0.05) is 0 Å². The summed E-state index contributed by atoms with van der Waals surface area (Å²) in [6.07, 6.45) is 0. The number of aromatic nitrogens is 1. The molecule has 0 atom stereocenters. The van der Waals surface area contributed by atoms with Crippen LogP contribution >= 0.6 is 22.9 Å². The van der Waals surface area contributed by atoms with Crippen LogP contribution in [-0.2, 0) is 4.79 Å². The van der Waals surface area contributed by atoms with Crippen molar-refractivity contribution in [2.45, 2.75) is 0 Å². The van der Waals surface area contributed by atoms with E-state index in [1.54, 1.807) is 5.38 Å². The number of thiazole rings is 1. The molecule has 1 aromatic heterocycles. The Labute approximate surface area is 83.1 Å². The van der Waals surface area contributed by atoms with Crippen LogP contribution in [0.25, 0.3) is 0 Å². The summed E-state index contributed by atoms with van der Waals surface area (Å²) in [5, 5.41) is 1.57. The Morgan fingerprint density at radius 3 is 2.85 bits per heavy atom. The highest BCUT2D eigenvalue weighted by atomic mass is 35.5. The second-order valence-corrected chi connectivity index (χ2v) is 3.00. The summed E-state index contributed by atoms with van der Waals surface area (Å²) in [5.41, 5.74) is 6.06. The van der Waals surface area contributed by atoms with Gasteiger partial charge in [-0.25, -0.2) is 4.98 Å². The van der Waals surface area contributed by atoms with E-state index in [0.29, 0.717) is 0 Å². The molecule has 70 valence electrons. The Kier molecular flexibility index (Phi) is 3.66. The maximum absolute atomic E-state index is 11.1. The minimum atomic E-state index is -0.467. The van der Waals surface area contributed by atoms with Crippen molar-refractivity contribution in [3.8, 4) is 0 Å². The Morgan fingerprint density at radius 2 is 2.31 bits per heavy atom. The zero-order chi connectivity index (χ0) is 9.68. The van der Waals surface area contributed by atoms with Gasteiger partial charge in [0.25, 0.3) is 11.8 Å². The van der Waals surface area contributed by atoms with Crippen LogP contribution in [-0.4, -0.2) is 22.7 Å². The molecule has 1 rings (SSSR count). The fourth-order valence-electron chi connectivity index (χ4n) is 0.549. The number of carbonyl (C=O) groups excluding carboxylic acids is 2. The lowest BCUT2D eigenvalue weighted by Gasteiger charge is -2.02. The number of hydrogen-bond donors (Lipinski definition) is 2. The second kappa shape index (κ2) is 4.78. The zero-order valence-corrected chi connectivity index (χ0v) is 7.98. The molecule has 0 aromatic carbocycles. The molecule has 1 aromatic rings. The van der Waals surface area contributed by atoms with Crippen LogP contribution in [0.15, 0.2) is 10.9 Å². The van der Waals surface area contributed by atoms with Gasteiger partial charge in [0.05, 0.1) is 5.51 Å². The summed E-state index contributed by atoms with van der Waals surface area (Å²) < 4.78 is 0. The van der Waals surface area contributed by atoms with Crippen molar-refractivity contribution in [1.82, 2.24) is 15.8 Å². The van der Waals surface area contributed by atoms with Gasteiger partial charge in [0.1, 0.15) is 11.6 Å². The highest BCUT2D eigenvalue weighted by molar-refractivity contribution is 7.07. The lowest BCUT2D eigenvalue weighted by Crippen LogP contribution is -2.42. The maximum Gasteiger partial charge on any atom is 0.289 e. The molecule has 0 aliphatic heterocycles. The topological polar surface area (TPSA) is 71.1 Å². The molecule has 0 aliphatic carbocycles. The third-order valence-electron chi connectivity index (χ3n) is 1.10. The smallest absolute Gasteiger partial charge is 0.272 e. The van der Waals surface area contributed by atoms with E-state index in [9.17, 15) is 9.59 Å². The monoisotopic (exact) mass is 219 g/mol. The van der Waals surface area contributed by atoms with E-state index in [-0.39, 0.29) is 11.6 Å². The van der Waals surface area contributed by atoms with Gasteiger partial charge in [-0.3, -0.25) is 20.4 Å². The molecule has 2 N–H and O–H groups in total. The van der Waals surface area contributed by atoms with E-state index in [4.69, 9.17) is 11.6 Å². The highest BCUT2D eigenvalue weighted by Crippen LogP contribution is 1.99. The first-order chi connectivity index (χ1) is 6.24. The SMILES string of the molecule is O=C(CCl)NNC(=O)c1cscn1. The number of alkyl halides is 1. The van der Waals surface area contributed by atoms with Crippen molar-refractivity contribution in [2.24, 2.45) is 0 Å². The second-order valence-electron chi connectivity index (χ2n) is 2.01. The predicted molar refractivity (Wildman–Crippen MR) is 48.4 cm³/mol. The molecule has 1 heterocycles. The highest BCUT2D eigenvalue weighted by Gasteiger charge is 2.07. The first kappa shape index (κ1) is 9.94. The van der Waals surface area contributed by atoms with E-state index < -0.39 is 11.8 Å². The van der Waals surface area contributed by atoms with Crippen molar-refractivity contribution < 1.29 is 9.59 Å². The molecule has 0 radical (unpaired) electrons. The van der Waals surface area contributed by atoms with Gasteiger partial charge in [0, 0.05) is 5.38 Å². The summed E-state index contributed by atoms with van der Waals surface area (Å²) >= 11 is 6.48. The van der Waals surface area contributed by atoms with Gasteiger partial charge in [0.15, 0.2) is 0 Å². The molecule has 0 saturated carbocycles. The molecule has 7 heteroatoms. The largest absolute Gasteiger partial charge is 0.289 e. The van der Waals surface area contributed by atoms with Gasteiger partial charge in [-0.2, -0.15) is 0 Å². The standard InChI is InChI=1S/C6H6ClN3O2S/c7-1-5(11)9-10-6(12)4-2-13-3-8-4/h2-3H,1H2,(H,9,11)(H,10,12). The van der Waals surface area contributed by atoms with Crippen molar-refractivity contribution in [1.29, 1.82) is 0 Å². The van der Waals surface area contributed by atoms with Crippen molar-refractivity contribution in [2.75, 3.05) is 5.88 Å². The number of nitrogens with zero attached hydrogens (tertiary/aromatic N) is 1. The van der Waals surface area contributed by atoms with Gasteiger partial charge in [-0.05, 0) is 0 Å². The van der Waals surface area contributed by atoms with E-state index in [1.165, 1.54) is 16.8 Å². The molecule has 0 fully saturated rings. The van der Waals surface area contributed by atoms with Gasteiger partial charge in [0.2, 0.25) is 0 Å². The summed E-state index contributed by atoms with van der Waals surface area (Å²) in [6.45, 7) is 0. The van der Waals surface area contributed by atoms with Gasteiger partial charge >= 0.3 is 0 Å². The fourth-order valence-corrected chi connectivity index (χ4v) is 1.15.